The molecule has 0 aromatic heterocycles. The Labute approximate surface area is 140 Å². The maximum Gasteiger partial charge on any atom is 0.416 e. The van der Waals surface area contributed by atoms with E-state index in [9.17, 15) is 28.1 Å². The van der Waals surface area contributed by atoms with Crippen molar-refractivity contribution in [1.29, 1.82) is 0 Å². The fourth-order valence-electron chi connectivity index (χ4n) is 2.81. The number of halogens is 3. The highest BCUT2D eigenvalue weighted by atomic mass is 19.4. The predicted octanol–water partition coefficient (Wildman–Crippen LogP) is 2.15. The number of alkyl halides is 3. The summed E-state index contributed by atoms with van der Waals surface area (Å²) in [5.41, 5.74) is -0.430. The van der Waals surface area contributed by atoms with Crippen LogP contribution in [0.5, 0.6) is 0 Å². The van der Waals surface area contributed by atoms with Gasteiger partial charge in [-0.3, -0.25) is 14.9 Å². The van der Waals surface area contributed by atoms with Crippen molar-refractivity contribution in [3.05, 3.63) is 33.9 Å². The number of hydrogen-bond acceptors (Lipinski definition) is 5. The van der Waals surface area contributed by atoms with Crippen LogP contribution in [-0.4, -0.2) is 43.2 Å². The maximum absolute atomic E-state index is 13.0. The number of carbonyl (C=O) groups is 1. The molecule has 1 saturated carbocycles. The normalized spacial score (nSPS) is 23.2. The molecule has 0 bridgehead atoms. The molecule has 25 heavy (non-hydrogen) atoms. The standard InChI is InChI=1S/C15H16F3N3O4/c16-15(17,18)9-1-2-12(20-3-5-25-6-4-20)11(7-9)19-14(22)10-8-13(10)21(23)24/h1-2,7,10,13H,3-6,8H2,(H,19,22). The molecular formula is C15H16F3N3O4. The van der Waals surface area contributed by atoms with Crippen molar-refractivity contribution in [3.8, 4) is 0 Å². The van der Waals surface area contributed by atoms with Gasteiger partial charge in [0.2, 0.25) is 11.9 Å². The van der Waals surface area contributed by atoms with E-state index in [0.717, 1.165) is 12.1 Å². The Balaban J connectivity index is 1.85. The van der Waals surface area contributed by atoms with Crippen molar-refractivity contribution < 1.29 is 27.6 Å². The molecule has 1 N–H and O–H groups in total. The molecule has 10 heteroatoms. The van der Waals surface area contributed by atoms with Crippen molar-refractivity contribution >= 4 is 17.3 Å². The molecule has 2 fully saturated rings. The molecule has 1 aromatic carbocycles. The second-order valence-electron chi connectivity index (χ2n) is 6.01. The lowest BCUT2D eigenvalue weighted by atomic mass is 10.1. The number of nitro groups is 1. The molecular weight excluding hydrogens is 343 g/mol. The topological polar surface area (TPSA) is 84.7 Å². The molecule has 1 aliphatic heterocycles. The number of nitrogens with zero attached hydrogens (tertiary/aromatic N) is 2. The number of anilines is 2. The summed E-state index contributed by atoms with van der Waals surface area (Å²) in [6.45, 7) is 1.82. The zero-order valence-corrected chi connectivity index (χ0v) is 13.1. The minimum absolute atomic E-state index is 0.00993. The second kappa shape index (κ2) is 6.51. The van der Waals surface area contributed by atoms with Crippen LogP contribution in [0.25, 0.3) is 0 Å². The van der Waals surface area contributed by atoms with Gasteiger partial charge in [0, 0.05) is 24.4 Å². The Bertz CT molecular complexity index is 689. The van der Waals surface area contributed by atoms with Crippen molar-refractivity contribution in [2.45, 2.75) is 18.6 Å². The average molecular weight is 359 g/mol. The van der Waals surface area contributed by atoms with Crippen LogP contribution in [0.3, 0.4) is 0 Å². The number of ether oxygens (including phenoxy) is 1. The van der Waals surface area contributed by atoms with Gasteiger partial charge in [-0.15, -0.1) is 0 Å². The van der Waals surface area contributed by atoms with E-state index in [1.54, 1.807) is 0 Å². The third kappa shape index (κ3) is 3.84. The fourth-order valence-corrected chi connectivity index (χ4v) is 2.81. The van der Waals surface area contributed by atoms with E-state index < -0.39 is 34.5 Å². The Morgan fingerprint density at radius 1 is 1.32 bits per heavy atom. The van der Waals surface area contributed by atoms with E-state index in [0.29, 0.717) is 32.0 Å². The summed E-state index contributed by atoms with van der Waals surface area (Å²) in [7, 11) is 0. The third-order valence-electron chi connectivity index (χ3n) is 4.30. The highest BCUT2D eigenvalue weighted by Crippen LogP contribution is 2.38. The molecule has 0 radical (unpaired) electrons. The molecule has 136 valence electrons. The van der Waals surface area contributed by atoms with E-state index in [-0.39, 0.29) is 12.1 Å². The maximum atomic E-state index is 13.0. The van der Waals surface area contributed by atoms with Crippen LogP contribution in [0.2, 0.25) is 0 Å². The molecule has 1 aliphatic carbocycles. The summed E-state index contributed by atoms with van der Waals surface area (Å²) in [5.74, 6) is -1.43. The molecule has 2 unspecified atom stereocenters. The van der Waals surface area contributed by atoms with Crippen LogP contribution in [-0.2, 0) is 15.7 Å². The molecule has 1 amide bonds. The summed E-state index contributed by atoms with van der Waals surface area (Å²) in [4.78, 5) is 24.1. The molecule has 2 aliphatic rings. The van der Waals surface area contributed by atoms with Crippen molar-refractivity contribution in [2.75, 3.05) is 36.5 Å². The number of hydrogen-bond donors (Lipinski definition) is 1. The molecule has 2 atom stereocenters. The Kier molecular flexibility index (Phi) is 4.55. The first-order valence-electron chi connectivity index (χ1n) is 7.75. The Morgan fingerprint density at radius 3 is 2.56 bits per heavy atom. The van der Waals surface area contributed by atoms with Crippen LogP contribution in [0.4, 0.5) is 24.5 Å². The van der Waals surface area contributed by atoms with E-state index in [1.807, 2.05) is 4.90 Å². The van der Waals surface area contributed by atoms with Gasteiger partial charge in [0.15, 0.2) is 0 Å². The van der Waals surface area contributed by atoms with E-state index in [4.69, 9.17) is 4.74 Å². The Morgan fingerprint density at radius 2 is 2.00 bits per heavy atom. The van der Waals surface area contributed by atoms with Crippen LogP contribution in [0.1, 0.15) is 12.0 Å². The highest BCUT2D eigenvalue weighted by Gasteiger charge is 2.53. The molecule has 0 spiro atoms. The minimum atomic E-state index is -4.55. The zero-order chi connectivity index (χ0) is 18.2. The van der Waals surface area contributed by atoms with Crippen LogP contribution in [0.15, 0.2) is 18.2 Å². The van der Waals surface area contributed by atoms with Gasteiger partial charge in [0.25, 0.3) is 0 Å². The quantitative estimate of drug-likeness (QED) is 0.658. The summed E-state index contributed by atoms with van der Waals surface area (Å²) < 4.78 is 44.2. The second-order valence-corrected chi connectivity index (χ2v) is 6.01. The molecule has 1 saturated heterocycles. The van der Waals surface area contributed by atoms with Gasteiger partial charge in [-0.25, -0.2) is 0 Å². The molecule has 7 nitrogen and oxygen atoms in total. The smallest absolute Gasteiger partial charge is 0.378 e. The third-order valence-corrected chi connectivity index (χ3v) is 4.30. The molecule has 3 rings (SSSR count). The lowest BCUT2D eigenvalue weighted by Crippen LogP contribution is -2.37. The van der Waals surface area contributed by atoms with Crippen molar-refractivity contribution in [1.82, 2.24) is 0 Å². The highest BCUT2D eigenvalue weighted by molar-refractivity contribution is 5.97. The minimum Gasteiger partial charge on any atom is -0.378 e. The number of morpholine rings is 1. The first kappa shape index (κ1) is 17.5. The van der Waals surface area contributed by atoms with Gasteiger partial charge >= 0.3 is 6.18 Å². The van der Waals surface area contributed by atoms with Gasteiger partial charge in [0.05, 0.1) is 30.2 Å². The van der Waals surface area contributed by atoms with E-state index in [1.165, 1.54) is 6.07 Å². The first-order valence-corrected chi connectivity index (χ1v) is 7.75. The SMILES string of the molecule is O=C(Nc1cc(C(F)(F)F)ccc1N1CCOCC1)C1CC1[N+](=O)[O-]. The summed E-state index contributed by atoms with van der Waals surface area (Å²) in [6.07, 6.45) is -4.45. The average Bonchev–Trinajstić information content (AvgIpc) is 3.36. The van der Waals surface area contributed by atoms with Gasteiger partial charge in [-0.05, 0) is 18.2 Å². The summed E-state index contributed by atoms with van der Waals surface area (Å²) >= 11 is 0. The lowest BCUT2D eigenvalue weighted by Gasteiger charge is -2.31. The predicted molar refractivity (Wildman–Crippen MR) is 82.0 cm³/mol. The fraction of sp³-hybridized carbons (Fsp3) is 0.533. The van der Waals surface area contributed by atoms with Crippen molar-refractivity contribution in [2.24, 2.45) is 5.92 Å². The van der Waals surface area contributed by atoms with Crippen LogP contribution < -0.4 is 10.2 Å². The monoisotopic (exact) mass is 359 g/mol. The van der Waals surface area contributed by atoms with Crippen molar-refractivity contribution in [3.63, 3.8) is 0 Å². The lowest BCUT2D eigenvalue weighted by molar-refractivity contribution is -0.497. The number of benzene rings is 1. The Hall–Kier alpha value is -2.36. The van der Waals surface area contributed by atoms with Gasteiger partial charge in [0.1, 0.15) is 5.92 Å². The number of nitrogens with one attached hydrogen (secondary N) is 1. The number of amides is 1. The van der Waals surface area contributed by atoms with Gasteiger partial charge in [-0.1, -0.05) is 0 Å². The number of rotatable bonds is 4. The largest absolute Gasteiger partial charge is 0.416 e. The van der Waals surface area contributed by atoms with Crippen LogP contribution >= 0.6 is 0 Å². The van der Waals surface area contributed by atoms with E-state index >= 15 is 0 Å². The number of carbonyl (C=O) groups excluding carboxylic acids is 1. The van der Waals surface area contributed by atoms with E-state index in [2.05, 4.69) is 5.32 Å². The molecule has 1 aromatic rings. The zero-order valence-electron chi connectivity index (χ0n) is 13.1. The van der Waals surface area contributed by atoms with Crippen LogP contribution in [0, 0.1) is 16.0 Å². The van der Waals surface area contributed by atoms with Gasteiger partial charge in [-0.2, -0.15) is 13.2 Å². The summed E-state index contributed by atoms with van der Waals surface area (Å²) in [6, 6.07) is 2.17. The molecule has 1 heterocycles. The van der Waals surface area contributed by atoms with Gasteiger partial charge < -0.3 is 15.0 Å². The first-order chi connectivity index (χ1) is 11.8. The summed E-state index contributed by atoms with van der Waals surface area (Å²) in [5, 5.41) is 13.1.